The van der Waals surface area contributed by atoms with Crippen LogP contribution >= 0.6 is 0 Å². The Morgan fingerprint density at radius 1 is 1.14 bits per heavy atom. The summed E-state index contributed by atoms with van der Waals surface area (Å²) in [6.45, 7) is 3.71. The summed E-state index contributed by atoms with van der Waals surface area (Å²) in [4.78, 5) is 14.4. The number of nitrogens with one attached hydrogen (secondary N) is 1. The Morgan fingerprint density at radius 2 is 1.89 bits per heavy atom. The van der Waals surface area contributed by atoms with Gasteiger partial charge in [-0.15, -0.1) is 0 Å². The third-order valence-corrected chi connectivity index (χ3v) is 7.20. The standard InChI is InChI=1S/C19H24N4O4S/c1-14-11-18(21-27-14)20-19(24)13-22-7-9-23(10-8-22)28(25,26)17-6-5-15-3-2-4-16(15)12-17/h5-6,11-12H,2-4,7-10,13H2,1H3,(H,20,21,24). The van der Waals surface area contributed by atoms with E-state index in [2.05, 4.69) is 10.5 Å². The molecule has 1 saturated heterocycles. The number of piperazine rings is 1. The van der Waals surface area contributed by atoms with Crippen molar-refractivity contribution in [3.63, 3.8) is 0 Å². The van der Waals surface area contributed by atoms with E-state index in [0.29, 0.717) is 42.7 Å². The quantitative estimate of drug-likeness (QED) is 0.810. The number of fused-ring (bicyclic) bond motifs is 1. The molecule has 2 aliphatic rings. The van der Waals surface area contributed by atoms with Gasteiger partial charge in [-0.1, -0.05) is 11.2 Å². The van der Waals surface area contributed by atoms with Crippen LogP contribution in [0.5, 0.6) is 0 Å². The number of rotatable bonds is 5. The monoisotopic (exact) mass is 404 g/mol. The number of sulfonamides is 1. The zero-order valence-corrected chi connectivity index (χ0v) is 16.7. The lowest BCUT2D eigenvalue weighted by molar-refractivity contribution is -0.117. The van der Waals surface area contributed by atoms with E-state index in [1.807, 2.05) is 17.0 Å². The first-order valence-electron chi connectivity index (χ1n) is 9.49. The minimum atomic E-state index is -3.50. The Kier molecular flexibility index (Phi) is 5.22. The fourth-order valence-corrected chi connectivity index (χ4v) is 5.27. The summed E-state index contributed by atoms with van der Waals surface area (Å²) in [7, 11) is -3.50. The average Bonchev–Trinajstić information content (AvgIpc) is 3.30. The number of aryl methyl sites for hydroxylation is 3. The zero-order chi connectivity index (χ0) is 19.7. The number of amides is 1. The molecule has 8 nitrogen and oxygen atoms in total. The summed E-state index contributed by atoms with van der Waals surface area (Å²) < 4.78 is 32.4. The number of carbonyl (C=O) groups excluding carboxylic acids is 1. The van der Waals surface area contributed by atoms with Crippen molar-refractivity contribution in [3.8, 4) is 0 Å². The smallest absolute Gasteiger partial charge is 0.243 e. The zero-order valence-electron chi connectivity index (χ0n) is 15.8. The van der Waals surface area contributed by atoms with Gasteiger partial charge in [-0.3, -0.25) is 9.69 Å². The number of nitrogens with zero attached hydrogens (tertiary/aromatic N) is 3. The maximum Gasteiger partial charge on any atom is 0.243 e. The van der Waals surface area contributed by atoms with E-state index in [-0.39, 0.29) is 12.5 Å². The van der Waals surface area contributed by atoms with Crippen molar-refractivity contribution in [3.05, 3.63) is 41.2 Å². The largest absolute Gasteiger partial charge is 0.360 e. The van der Waals surface area contributed by atoms with Crippen molar-refractivity contribution in [1.82, 2.24) is 14.4 Å². The van der Waals surface area contributed by atoms with E-state index in [1.165, 1.54) is 9.87 Å². The first-order chi connectivity index (χ1) is 13.4. The van der Waals surface area contributed by atoms with Gasteiger partial charge in [0.2, 0.25) is 15.9 Å². The summed E-state index contributed by atoms with van der Waals surface area (Å²) in [5, 5.41) is 6.42. The molecule has 1 aliphatic heterocycles. The SMILES string of the molecule is Cc1cc(NC(=O)CN2CCN(S(=O)(=O)c3ccc4c(c3)CCC4)CC2)no1. The van der Waals surface area contributed by atoms with Gasteiger partial charge in [-0.25, -0.2) is 8.42 Å². The topological polar surface area (TPSA) is 95.8 Å². The predicted molar refractivity (Wildman–Crippen MR) is 104 cm³/mol. The minimum Gasteiger partial charge on any atom is -0.360 e. The first kappa shape index (κ1) is 19.1. The number of benzene rings is 1. The highest BCUT2D eigenvalue weighted by Crippen LogP contribution is 2.26. The minimum absolute atomic E-state index is 0.191. The van der Waals surface area contributed by atoms with E-state index in [9.17, 15) is 13.2 Å². The van der Waals surface area contributed by atoms with Crippen LogP contribution in [-0.4, -0.2) is 61.4 Å². The van der Waals surface area contributed by atoms with Crippen LogP contribution in [0.2, 0.25) is 0 Å². The highest BCUT2D eigenvalue weighted by molar-refractivity contribution is 7.89. The van der Waals surface area contributed by atoms with E-state index >= 15 is 0 Å². The van der Waals surface area contributed by atoms with Gasteiger partial charge >= 0.3 is 0 Å². The van der Waals surface area contributed by atoms with Gasteiger partial charge in [0.1, 0.15) is 5.76 Å². The second-order valence-electron chi connectivity index (χ2n) is 7.34. The van der Waals surface area contributed by atoms with Crippen LogP contribution in [0, 0.1) is 6.92 Å². The Bertz CT molecular complexity index is 978. The molecule has 0 atom stereocenters. The number of carbonyl (C=O) groups is 1. The van der Waals surface area contributed by atoms with Gasteiger partial charge in [0, 0.05) is 32.2 Å². The van der Waals surface area contributed by atoms with Crippen LogP contribution in [0.25, 0.3) is 0 Å². The van der Waals surface area contributed by atoms with Crippen LogP contribution in [0.4, 0.5) is 5.82 Å². The molecular weight excluding hydrogens is 380 g/mol. The average molecular weight is 404 g/mol. The molecule has 1 fully saturated rings. The molecule has 0 radical (unpaired) electrons. The molecule has 1 aliphatic carbocycles. The molecule has 0 bridgehead atoms. The number of aromatic nitrogens is 1. The molecule has 0 saturated carbocycles. The molecule has 150 valence electrons. The van der Waals surface area contributed by atoms with Crippen molar-refractivity contribution in [2.24, 2.45) is 0 Å². The summed E-state index contributed by atoms with van der Waals surface area (Å²) >= 11 is 0. The van der Waals surface area contributed by atoms with Crippen LogP contribution in [0.3, 0.4) is 0 Å². The van der Waals surface area contributed by atoms with Crippen LogP contribution < -0.4 is 5.32 Å². The number of hydrogen-bond donors (Lipinski definition) is 1. The lowest BCUT2D eigenvalue weighted by Gasteiger charge is -2.33. The summed E-state index contributed by atoms with van der Waals surface area (Å²) in [5.74, 6) is 0.823. The van der Waals surface area contributed by atoms with E-state index in [0.717, 1.165) is 24.8 Å². The molecule has 0 spiro atoms. The van der Waals surface area contributed by atoms with Crippen molar-refractivity contribution in [1.29, 1.82) is 0 Å². The van der Waals surface area contributed by atoms with Crippen LogP contribution in [0.1, 0.15) is 23.3 Å². The third kappa shape index (κ3) is 3.96. The highest BCUT2D eigenvalue weighted by atomic mass is 32.2. The molecule has 1 aromatic heterocycles. The lowest BCUT2D eigenvalue weighted by atomic mass is 10.1. The van der Waals surface area contributed by atoms with Crippen molar-refractivity contribution in [2.75, 3.05) is 38.0 Å². The first-order valence-corrected chi connectivity index (χ1v) is 10.9. The highest BCUT2D eigenvalue weighted by Gasteiger charge is 2.30. The number of anilines is 1. The summed E-state index contributed by atoms with van der Waals surface area (Å²) in [6, 6.07) is 7.15. The van der Waals surface area contributed by atoms with Crippen molar-refractivity contribution >= 4 is 21.7 Å². The van der Waals surface area contributed by atoms with E-state index in [1.54, 1.807) is 19.1 Å². The molecule has 1 N–H and O–H groups in total. The molecule has 2 aromatic rings. The second kappa shape index (κ2) is 7.65. The fraction of sp³-hybridized carbons (Fsp3) is 0.474. The van der Waals surface area contributed by atoms with Crippen molar-refractivity contribution in [2.45, 2.75) is 31.1 Å². The molecule has 2 heterocycles. The van der Waals surface area contributed by atoms with Crippen LogP contribution in [-0.2, 0) is 27.7 Å². The van der Waals surface area contributed by atoms with E-state index < -0.39 is 10.0 Å². The molecule has 1 aromatic carbocycles. The maximum atomic E-state index is 13.0. The Labute approximate surface area is 164 Å². The van der Waals surface area contributed by atoms with E-state index in [4.69, 9.17) is 4.52 Å². The third-order valence-electron chi connectivity index (χ3n) is 5.30. The fourth-order valence-electron chi connectivity index (χ4n) is 3.80. The summed E-state index contributed by atoms with van der Waals surface area (Å²) in [5.41, 5.74) is 2.41. The molecule has 4 rings (SSSR count). The Morgan fingerprint density at radius 3 is 2.61 bits per heavy atom. The Balaban J connectivity index is 1.33. The van der Waals surface area contributed by atoms with Gasteiger partial charge in [-0.05, 0) is 49.4 Å². The van der Waals surface area contributed by atoms with Gasteiger partial charge in [-0.2, -0.15) is 4.31 Å². The predicted octanol–water partition coefficient (Wildman–Crippen LogP) is 1.42. The Hall–Kier alpha value is -2.23. The van der Waals surface area contributed by atoms with Crippen molar-refractivity contribution < 1.29 is 17.7 Å². The van der Waals surface area contributed by atoms with Gasteiger partial charge < -0.3 is 9.84 Å². The molecular formula is C19H24N4O4S. The maximum absolute atomic E-state index is 13.0. The lowest BCUT2D eigenvalue weighted by Crippen LogP contribution is -2.50. The molecule has 9 heteroatoms. The molecule has 1 amide bonds. The summed E-state index contributed by atoms with van der Waals surface area (Å²) in [6.07, 6.45) is 3.07. The molecule has 0 unspecified atom stereocenters. The van der Waals surface area contributed by atoms with Gasteiger partial charge in [0.05, 0.1) is 11.4 Å². The molecule has 28 heavy (non-hydrogen) atoms. The second-order valence-corrected chi connectivity index (χ2v) is 9.27. The van der Waals surface area contributed by atoms with Crippen LogP contribution in [0.15, 0.2) is 33.7 Å². The number of hydrogen-bond acceptors (Lipinski definition) is 6. The van der Waals surface area contributed by atoms with Gasteiger partial charge in [0.15, 0.2) is 5.82 Å². The normalized spacial score (nSPS) is 18.2. The van der Waals surface area contributed by atoms with Gasteiger partial charge in [0.25, 0.3) is 0 Å².